The molecule has 0 aliphatic rings. The van der Waals surface area contributed by atoms with Crippen molar-refractivity contribution in [2.45, 2.75) is 34.2 Å². The standard InChI is InChI=1S/C19H25N3O3/c1-13-7-8-14(22-18(24)19(2,3)4)10-16(13)20-12-17(23)21-11-15-6-5-9-25-15/h5-10,20H,11-12H2,1-4H3,(H,21,23)(H,22,24). The van der Waals surface area contributed by atoms with Crippen molar-refractivity contribution in [1.82, 2.24) is 5.32 Å². The Kier molecular flexibility index (Phi) is 5.85. The van der Waals surface area contributed by atoms with E-state index in [4.69, 9.17) is 4.42 Å². The first-order valence-electron chi connectivity index (χ1n) is 8.21. The lowest BCUT2D eigenvalue weighted by Crippen LogP contribution is -2.29. The molecule has 25 heavy (non-hydrogen) atoms. The molecule has 1 heterocycles. The van der Waals surface area contributed by atoms with E-state index in [1.165, 1.54) is 0 Å². The molecule has 3 N–H and O–H groups in total. The Morgan fingerprint density at radius 2 is 1.92 bits per heavy atom. The zero-order valence-electron chi connectivity index (χ0n) is 15.1. The Hall–Kier alpha value is -2.76. The van der Waals surface area contributed by atoms with Gasteiger partial charge in [0.25, 0.3) is 0 Å². The number of benzene rings is 1. The van der Waals surface area contributed by atoms with Crippen molar-refractivity contribution in [3.05, 3.63) is 47.9 Å². The summed E-state index contributed by atoms with van der Waals surface area (Å²) in [7, 11) is 0. The predicted octanol–water partition coefficient (Wildman–Crippen LogP) is 3.30. The first kappa shape index (κ1) is 18.6. The van der Waals surface area contributed by atoms with Crippen LogP contribution in [0.5, 0.6) is 0 Å². The first-order valence-corrected chi connectivity index (χ1v) is 8.21. The van der Waals surface area contributed by atoms with Crippen molar-refractivity contribution in [1.29, 1.82) is 0 Å². The molecule has 0 bridgehead atoms. The van der Waals surface area contributed by atoms with E-state index in [1.807, 2.05) is 45.9 Å². The van der Waals surface area contributed by atoms with Gasteiger partial charge in [0, 0.05) is 16.8 Å². The molecule has 0 atom stereocenters. The normalized spacial score (nSPS) is 11.0. The highest BCUT2D eigenvalue weighted by Gasteiger charge is 2.21. The molecule has 0 radical (unpaired) electrons. The molecule has 2 rings (SSSR count). The van der Waals surface area contributed by atoms with Gasteiger partial charge < -0.3 is 20.4 Å². The highest BCUT2D eigenvalue weighted by atomic mass is 16.3. The van der Waals surface area contributed by atoms with Crippen LogP contribution in [-0.4, -0.2) is 18.4 Å². The number of rotatable bonds is 6. The number of anilines is 2. The van der Waals surface area contributed by atoms with Crippen LogP contribution < -0.4 is 16.0 Å². The number of aryl methyl sites for hydroxylation is 1. The van der Waals surface area contributed by atoms with Gasteiger partial charge in [-0.3, -0.25) is 9.59 Å². The predicted molar refractivity (Wildman–Crippen MR) is 98.3 cm³/mol. The van der Waals surface area contributed by atoms with Crippen LogP contribution in [-0.2, 0) is 16.1 Å². The number of furan rings is 1. The average molecular weight is 343 g/mol. The zero-order chi connectivity index (χ0) is 18.4. The molecule has 0 saturated carbocycles. The molecule has 1 aromatic heterocycles. The fraction of sp³-hybridized carbons (Fsp3) is 0.368. The molecule has 0 saturated heterocycles. The van der Waals surface area contributed by atoms with Crippen molar-refractivity contribution in [3.8, 4) is 0 Å². The van der Waals surface area contributed by atoms with Gasteiger partial charge in [-0.05, 0) is 36.8 Å². The lowest BCUT2D eigenvalue weighted by molar-refractivity contribution is -0.123. The second-order valence-electron chi connectivity index (χ2n) is 6.94. The number of carbonyl (C=O) groups excluding carboxylic acids is 2. The molecule has 0 fully saturated rings. The van der Waals surface area contributed by atoms with Gasteiger partial charge in [0.2, 0.25) is 11.8 Å². The second-order valence-corrected chi connectivity index (χ2v) is 6.94. The van der Waals surface area contributed by atoms with E-state index in [9.17, 15) is 9.59 Å². The van der Waals surface area contributed by atoms with Crippen LogP contribution in [0, 0.1) is 12.3 Å². The van der Waals surface area contributed by atoms with Crippen LogP contribution in [0.4, 0.5) is 11.4 Å². The number of hydrogen-bond acceptors (Lipinski definition) is 4. The molecule has 0 aliphatic heterocycles. The van der Waals surface area contributed by atoms with Crippen LogP contribution in [0.1, 0.15) is 32.1 Å². The third-order valence-corrected chi connectivity index (χ3v) is 3.66. The maximum absolute atomic E-state index is 12.1. The zero-order valence-corrected chi connectivity index (χ0v) is 15.1. The van der Waals surface area contributed by atoms with E-state index in [0.29, 0.717) is 18.0 Å². The van der Waals surface area contributed by atoms with Gasteiger partial charge in [-0.1, -0.05) is 26.8 Å². The average Bonchev–Trinajstić information content (AvgIpc) is 3.06. The number of amides is 2. The molecular formula is C19H25N3O3. The Morgan fingerprint density at radius 1 is 1.16 bits per heavy atom. The first-order chi connectivity index (χ1) is 11.8. The molecule has 2 amide bonds. The summed E-state index contributed by atoms with van der Waals surface area (Å²) in [5, 5.41) is 8.77. The summed E-state index contributed by atoms with van der Waals surface area (Å²) >= 11 is 0. The molecule has 0 aliphatic carbocycles. The molecule has 6 nitrogen and oxygen atoms in total. The van der Waals surface area contributed by atoms with E-state index in [2.05, 4.69) is 16.0 Å². The van der Waals surface area contributed by atoms with Gasteiger partial charge in [-0.15, -0.1) is 0 Å². The molecule has 134 valence electrons. The van der Waals surface area contributed by atoms with Gasteiger partial charge in [0.05, 0.1) is 19.4 Å². The summed E-state index contributed by atoms with van der Waals surface area (Å²) in [5.41, 5.74) is 2.03. The molecule has 0 spiro atoms. The Morgan fingerprint density at radius 3 is 2.56 bits per heavy atom. The molecule has 6 heteroatoms. The van der Waals surface area contributed by atoms with Crippen LogP contribution in [0.3, 0.4) is 0 Å². The SMILES string of the molecule is Cc1ccc(NC(=O)C(C)(C)C)cc1NCC(=O)NCc1ccco1. The second kappa shape index (κ2) is 7.88. The van der Waals surface area contributed by atoms with Crippen molar-refractivity contribution in [3.63, 3.8) is 0 Å². The highest BCUT2D eigenvalue weighted by Crippen LogP contribution is 2.22. The van der Waals surface area contributed by atoms with Crippen molar-refractivity contribution < 1.29 is 14.0 Å². The van der Waals surface area contributed by atoms with E-state index in [1.54, 1.807) is 18.4 Å². The highest BCUT2D eigenvalue weighted by molar-refractivity contribution is 5.95. The summed E-state index contributed by atoms with van der Waals surface area (Å²) in [6.45, 7) is 8.02. The minimum Gasteiger partial charge on any atom is -0.467 e. The van der Waals surface area contributed by atoms with E-state index in [0.717, 1.165) is 11.3 Å². The summed E-state index contributed by atoms with van der Waals surface area (Å²) in [4.78, 5) is 24.0. The van der Waals surface area contributed by atoms with Crippen molar-refractivity contribution >= 4 is 23.2 Å². The van der Waals surface area contributed by atoms with Crippen LogP contribution >= 0.6 is 0 Å². The smallest absolute Gasteiger partial charge is 0.239 e. The van der Waals surface area contributed by atoms with Crippen LogP contribution in [0.2, 0.25) is 0 Å². The molecule has 2 aromatic rings. The number of carbonyl (C=O) groups is 2. The Balaban J connectivity index is 1.91. The Bertz CT molecular complexity index is 731. The van der Waals surface area contributed by atoms with E-state index >= 15 is 0 Å². The third-order valence-electron chi connectivity index (χ3n) is 3.66. The van der Waals surface area contributed by atoms with Crippen LogP contribution in [0.25, 0.3) is 0 Å². The lowest BCUT2D eigenvalue weighted by Gasteiger charge is -2.18. The Labute approximate surface area is 148 Å². The lowest BCUT2D eigenvalue weighted by atomic mass is 9.95. The van der Waals surface area contributed by atoms with Gasteiger partial charge >= 0.3 is 0 Å². The minimum atomic E-state index is -0.468. The monoisotopic (exact) mass is 343 g/mol. The van der Waals surface area contributed by atoms with Crippen molar-refractivity contribution in [2.24, 2.45) is 5.41 Å². The van der Waals surface area contributed by atoms with Gasteiger partial charge in [0.15, 0.2) is 0 Å². The summed E-state index contributed by atoms with van der Waals surface area (Å²) in [6, 6.07) is 9.17. The summed E-state index contributed by atoms with van der Waals surface area (Å²) in [5.74, 6) is 0.509. The summed E-state index contributed by atoms with van der Waals surface area (Å²) < 4.78 is 5.17. The largest absolute Gasteiger partial charge is 0.467 e. The maximum atomic E-state index is 12.1. The molecule has 0 unspecified atom stereocenters. The van der Waals surface area contributed by atoms with Gasteiger partial charge in [-0.2, -0.15) is 0 Å². The summed E-state index contributed by atoms with van der Waals surface area (Å²) in [6.07, 6.45) is 1.57. The number of hydrogen-bond donors (Lipinski definition) is 3. The minimum absolute atomic E-state index is 0.0570. The fourth-order valence-corrected chi connectivity index (χ4v) is 2.05. The van der Waals surface area contributed by atoms with E-state index in [-0.39, 0.29) is 18.4 Å². The van der Waals surface area contributed by atoms with Gasteiger partial charge in [-0.25, -0.2) is 0 Å². The van der Waals surface area contributed by atoms with Crippen LogP contribution in [0.15, 0.2) is 41.0 Å². The van der Waals surface area contributed by atoms with Gasteiger partial charge in [0.1, 0.15) is 5.76 Å². The molecule has 1 aromatic carbocycles. The molecular weight excluding hydrogens is 318 g/mol. The fourth-order valence-electron chi connectivity index (χ4n) is 2.05. The quantitative estimate of drug-likeness (QED) is 0.751. The third kappa shape index (κ3) is 5.67. The topological polar surface area (TPSA) is 83.4 Å². The van der Waals surface area contributed by atoms with Crippen molar-refractivity contribution in [2.75, 3.05) is 17.2 Å². The maximum Gasteiger partial charge on any atom is 0.239 e. The number of nitrogens with one attached hydrogen (secondary N) is 3. The van der Waals surface area contributed by atoms with E-state index < -0.39 is 5.41 Å².